The van der Waals surface area contributed by atoms with E-state index in [1.807, 2.05) is 13.8 Å². The summed E-state index contributed by atoms with van der Waals surface area (Å²) in [5.41, 5.74) is 6.31. The first kappa shape index (κ1) is 15.9. The molecule has 0 aliphatic rings. The fourth-order valence-corrected chi connectivity index (χ4v) is 3.51. The van der Waals surface area contributed by atoms with Crippen molar-refractivity contribution in [3.8, 4) is 5.75 Å². The van der Waals surface area contributed by atoms with Gasteiger partial charge in [-0.1, -0.05) is 13.8 Å². The number of ether oxygens (including phenoxy) is 1. The van der Waals surface area contributed by atoms with E-state index in [9.17, 15) is 8.42 Å². The Balaban J connectivity index is 3.21. The number of sulfonamides is 1. The summed E-state index contributed by atoms with van der Waals surface area (Å²) in [6.07, 6.45) is 0.785. The van der Waals surface area contributed by atoms with Crippen molar-refractivity contribution in [2.24, 2.45) is 5.73 Å². The number of rotatable bonds is 7. The molecule has 1 aromatic carbocycles. The lowest BCUT2D eigenvalue weighted by Crippen LogP contribution is -2.31. The van der Waals surface area contributed by atoms with Crippen LogP contribution in [0.15, 0.2) is 23.1 Å². The number of hydrogen-bond acceptors (Lipinski definition) is 4. The molecule has 1 aromatic rings. The van der Waals surface area contributed by atoms with Crippen LogP contribution in [0.5, 0.6) is 5.75 Å². The molecule has 0 saturated carbocycles. The van der Waals surface area contributed by atoms with Gasteiger partial charge < -0.3 is 10.5 Å². The van der Waals surface area contributed by atoms with Crippen LogP contribution in [0.3, 0.4) is 0 Å². The summed E-state index contributed by atoms with van der Waals surface area (Å²) in [7, 11) is -1.91. The zero-order chi connectivity index (χ0) is 14.5. The smallest absolute Gasteiger partial charge is 0.243 e. The van der Waals surface area contributed by atoms with Crippen LogP contribution in [0.25, 0.3) is 0 Å². The van der Waals surface area contributed by atoms with Crippen molar-refractivity contribution in [3.05, 3.63) is 23.8 Å². The molecular formula is C13H22N2O3S. The summed E-state index contributed by atoms with van der Waals surface area (Å²) in [5.74, 6) is 0.611. The molecule has 5 nitrogen and oxygen atoms in total. The fourth-order valence-electron chi connectivity index (χ4n) is 1.92. The fraction of sp³-hybridized carbons (Fsp3) is 0.538. The molecular weight excluding hydrogens is 264 g/mol. The second kappa shape index (κ2) is 6.88. The van der Waals surface area contributed by atoms with E-state index in [0.29, 0.717) is 24.4 Å². The van der Waals surface area contributed by atoms with Crippen LogP contribution in [0.2, 0.25) is 0 Å². The van der Waals surface area contributed by atoms with Crippen LogP contribution < -0.4 is 10.5 Å². The summed E-state index contributed by atoms with van der Waals surface area (Å²) in [4.78, 5) is 0.268. The molecule has 0 saturated heterocycles. The van der Waals surface area contributed by atoms with E-state index in [-0.39, 0.29) is 11.4 Å². The predicted molar refractivity (Wildman–Crippen MR) is 75.6 cm³/mol. The first-order valence-corrected chi connectivity index (χ1v) is 7.82. The molecule has 0 heterocycles. The first-order valence-electron chi connectivity index (χ1n) is 6.38. The Kier molecular flexibility index (Phi) is 5.78. The lowest BCUT2D eigenvalue weighted by molar-refractivity contribution is 0.408. The Labute approximate surface area is 115 Å². The van der Waals surface area contributed by atoms with Gasteiger partial charge in [0.1, 0.15) is 5.75 Å². The highest BCUT2D eigenvalue weighted by Gasteiger charge is 2.23. The second-order valence-corrected chi connectivity index (χ2v) is 6.11. The number of hydrogen-bond donors (Lipinski definition) is 1. The van der Waals surface area contributed by atoms with Gasteiger partial charge in [0.05, 0.1) is 12.0 Å². The Hall–Kier alpha value is -1.11. The average Bonchev–Trinajstić information content (AvgIpc) is 2.43. The third-order valence-corrected chi connectivity index (χ3v) is 4.91. The van der Waals surface area contributed by atoms with E-state index in [0.717, 1.165) is 6.42 Å². The van der Waals surface area contributed by atoms with Gasteiger partial charge in [-0.2, -0.15) is 4.31 Å². The standard InChI is InChI=1S/C13H22N2O3S/c1-4-8-15(5-2)19(16,17)12-6-7-13(18-3)11(9-12)10-14/h6-7,9H,4-5,8,10,14H2,1-3H3. The van der Waals surface area contributed by atoms with Gasteiger partial charge in [-0.3, -0.25) is 0 Å². The molecule has 108 valence electrons. The highest BCUT2D eigenvalue weighted by Crippen LogP contribution is 2.24. The summed E-state index contributed by atoms with van der Waals surface area (Å²) >= 11 is 0. The third-order valence-electron chi connectivity index (χ3n) is 2.94. The lowest BCUT2D eigenvalue weighted by atomic mass is 10.2. The zero-order valence-corrected chi connectivity index (χ0v) is 12.5. The van der Waals surface area contributed by atoms with Gasteiger partial charge in [-0.15, -0.1) is 0 Å². The predicted octanol–water partition coefficient (Wildman–Crippen LogP) is 1.57. The van der Waals surface area contributed by atoms with Crippen molar-refractivity contribution in [2.45, 2.75) is 31.7 Å². The topological polar surface area (TPSA) is 72.6 Å². The molecule has 0 aromatic heterocycles. The van der Waals surface area contributed by atoms with Crippen LogP contribution in [-0.4, -0.2) is 32.9 Å². The van der Waals surface area contributed by atoms with E-state index in [2.05, 4.69) is 0 Å². The van der Waals surface area contributed by atoms with Crippen molar-refractivity contribution in [1.29, 1.82) is 0 Å². The SMILES string of the molecule is CCCN(CC)S(=O)(=O)c1ccc(OC)c(CN)c1. The molecule has 0 amide bonds. The van der Waals surface area contributed by atoms with Crippen molar-refractivity contribution in [1.82, 2.24) is 4.31 Å². The van der Waals surface area contributed by atoms with Crippen molar-refractivity contribution >= 4 is 10.0 Å². The highest BCUT2D eigenvalue weighted by molar-refractivity contribution is 7.89. The molecule has 0 spiro atoms. The summed E-state index contributed by atoms with van der Waals surface area (Å²) in [6.45, 7) is 5.01. The Morgan fingerprint density at radius 2 is 2.00 bits per heavy atom. The van der Waals surface area contributed by atoms with Gasteiger partial charge >= 0.3 is 0 Å². The van der Waals surface area contributed by atoms with E-state index >= 15 is 0 Å². The number of nitrogens with zero attached hydrogens (tertiary/aromatic N) is 1. The quantitative estimate of drug-likeness (QED) is 0.826. The van der Waals surface area contributed by atoms with Gasteiger partial charge in [0.15, 0.2) is 0 Å². The van der Waals surface area contributed by atoms with E-state index in [1.54, 1.807) is 18.2 Å². The van der Waals surface area contributed by atoms with Gasteiger partial charge in [-0.05, 0) is 24.6 Å². The molecule has 0 atom stereocenters. The molecule has 0 unspecified atom stereocenters. The molecule has 0 radical (unpaired) electrons. The molecule has 6 heteroatoms. The maximum absolute atomic E-state index is 12.5. The summed E-state index contributed by atoms with van der Waals surface area (Å²) < 4.78 is 31.5. The highest BCUT2D eigenvalue weighted by atomic mass is 32.2. The van der Waals surface area contributed by atoms with E-state index in [4.69, 9.17) is 10.5 Å². The third kappa shape index (κ3) is 3.46. The monoisotopic (exact) mass is 286 g/mol. The van der Waals surface area contributed by atoms with Crippen molar-refractivity contribution in [3.63, 3.8) is 0 Å². The molecule has 2 N–H and O–H groups in total. The minimum Gasteiger partial charge on any atom is -0.496 e. The second-order valence-electron chi connectivity index (χ2n) is 4.17. The Bertz CT molecular complexity index is 515. The molecule has 1 rings (SSSR count). The van der Waals surface area contributed by atoms with Gasteiger partial charge in [0.25, 0.3) is 0 Å². The van der Waals surface area contributed by atoms with E-state index in [1.165, 1.54) is 11.4 Å². The van der Waals surface area contributed by atoms with Gasteiger partial charge in [0, 0.05) is 25.2 Å². The molecule has 19 heavy (non-hydrogen) atoms. The minimum atomic E-state index is -3.45. The number of methoxy groups -OCH3 is 1. The van der Waals surface area contributed by atoms with Crippen LogP contribution in [-0.2, 0) is 16.6 Å². The average molecular weight is 286 g/mol. The molecule has 0 aliphatic heterocycles. The maximum Gasteiger partial charge on any atom is 0.243 e. The lowest BCUT2D eigenvalue weighted by Gasteiger charge is -2.20. The number of benzene rings is 1. The zero-order valence-electron chi connectivity index (χ0n) is 11.7. The maximum atomic E-state index is 12.5. The van der Waals surface area contributed by atoms with Gasteiger partial charge in [0.2, 0.25) is 10.0 Å². The van der Waals surface area contributed by atoms with Crippen LogP contribution in [0, 0.1) is 0 Å². The van der Waals surface area contributed by atoms with Crippen LogP contribution in [0.1, 0.15) is 25.8 Å². The first-order chi connectivity index (χ1) is 9.01. The van der Waals surface area contributed by atoms with Crippen LogP contribution in [0.4, 0.5) is 0 Å². The van der Waals surface area contributed by atoms with Gasteiger partial charge in [-0.25, -0.2) is 8.42 Å². The molecule has 0 aliphatic carbocycles. The van der Waals surface area contributed by atoms with Crippen LogP contribution >= 0.6 is 0 Å². The molecule has 0 bridgehead atoms. The van der Waals surface area contributed by atoms with Crippen molar-refractivity contribution < 1.29 is 13.2 Å². The molecule has 0 fully saturated rings. The number of nitrogens with two attached hydrogens (primary N) is 1. The Morgan fingerprint density at radius 1 is 1.32 bits per heavy atom. The summed E-state index contributed by atoms with van der Waals surface area (Å²) in [6, 6.07) is 4.80. The Morgan fingerprint density at radius 3 is 2.47 bits per heavy atom. The normalized spacial score (nSPS) is 11.8. The largest absolute Gasteiger partial charge is 0.496 e. The van der Waals surface area contributed by atoms with Crippen molar-refractivity contribution in [2.75, 3.05) is 20.2 Å². The minimum absolute atomic E-state index is 0.242. The summed E-state index contributed by atoms with van der Waals surface area (Å²) in [5, 5.41) is 0. The van der Waals surface area contributed by atoms with E-state index < -0.39 is 10.0 Å².